The van der Waals surface area contributed by atoms with Crippen molar-refractivity contribution in [2.75, 3.05) is 24.8 Å². The molecule has 1 aliphatic carbocycles. The molecule has 0 amide bonds. The number of hydrogen-bond acceptors (Lipinski definition) is 5. The summed E-state index contributed by atoms with van der Waals surface area (Å²) in [5.41, 5.74) is 1.07. The van der Waals surface area contributed by atoms with Gasteiger partial charge in [0.15, 0.2) is 0 Å². The molecule has 1 aromatic heterocycles. The van der Waals surface area contributed by atoms with Gasteiger partial charge in [0.05, 0.1) is 12.1 Å². The topological polar surface area (TPSA) is 59.1 Å². The molecule has 19 heavy (non-hydrogen) atoms. The number of anilines is 2. The number of rotatable bonds is 5. The van der Waals surface area contributed by atoms with E-state index in [2.05, 4.69) is 27.5 Å². The second-order valence-corrected chi connectivity index (χ2v) is 5.02. The first-order valence-electron chi connectivity index (χ1n) is 7.04. The molecule has 0 bridgehead atoms. The molecule has 0 radical (unpaired) electrons. The minimum atomic E-state index is 0.289. The van der Waals surface area contributed by atoms with Crippen molar-refractivity contribution in [3.05, 3.63) is 11.4 Å². The molecule has 1 aromatic rings. The molecule has 1 saturated carbocycles. The quantitative estimate of drug-likeness (QED) is 0.855. The average Bonchev–Trinajstić information content (AvgIpc) is 2.88. The van der Waals surface area contributed by atoms with Gasteiger partial charge in [-0.2, -0.15) is 0 Å². The van der Waals surface area contributed by atoms with Gasteiger partial charge in [-0.15, -0.1) is 0 Å². The Morgan fingerprint density at radius 2 is 2.00 bits per heavy atom. The van der Waals surface area contributed by atoms with Crippen LogP contribution in [0.15, 0.2) is 0 Å². The van der Waals surface area contributed by atoms with Crippen molar-refractivity contribution < 1.29 is 4.74 Å². The van der Waals surface area contributed by atoms with E-state index in [0.717, 1.165) is 42.3 Å². The number of aryl methyl sites for hydroxylation is 1. The molecule has 2 N–H and O–H groups in total. The third-order valence-corrected chi connectivity index (χ3v) is 3.82. The zero-order valence-corrected chi connectivity index (χ0v) is 12.3. The van der Waals surface area contributed by atoms with Crippen LogP contribution in [0.4, 0.5) is 11.6 Å². The van der Waals surface area contributed by atoms with Gasteiger partial charge in [-0.1, -0.05) is 6.92 Å². The minimum Gasteiger partial charge on any atom is -0.379 e. The molecule has 2 atom stereocenters. The van der Waals surface area contributed by atoms with Crippen LogP contribution in [0.2, 0.25) is 0 Å². The summed E-state index contributed by atoms with van der Waals surface area (Å²) < 4.78 is 5.53. The van der Waals surface area contributed by atoms with Gasteiger partial charge in [0, 0.05) is 26.1 Å². The first-order chi connectivity index (χ1) is 9.19. The fourth-order valence-corrected chi connectivity index (χ4v) is 2.65. The summed E-state index contributed by atoms with van der Waals surface area (Å²) in [6.07, 6.45) is 4.59. The van der Waals surface area contributed by atoms with Crippen molar-refractivity contribution in [1.29, 1.82) is 0 Å². The normalized spacial score (nSPS) is 22.5. The van der Waals surface area contributed by atoms with E-state index in [-0.39, 0.29) is 6.10 Å². The third-order valence-electron chi connectivity index (χ3n) is 3.82. The fraction of sp³-hybridized carbons (Fsp3) is 0.714. The first-order valence-corrected chi connectivity index (χ1v) is 7.04. The molecule has 5 heteroatoms. The highest BCUT2D eigenvalue weighted by Crippen LogP contribution is 2.27. The van der Waals surface area contributed by atoms with Gasteiger partial charge < -0.3 is 15.4 Å². The summed E-state index contributed by atoms with van der Waals surface area (Å²) in [5.74, 6) is 2.70. The molecule has 106 valence electrons. The fourth-order valence-electron chi connectivity index (χ4n) is 2.65. The molecular weight excluding hydrogens is 240 g/mol. The van der Waals surface area contributed by atoms with E-state index in [9.17, 15) is 0 Å². The van der Waals surface area contributed by atoms with Crippen molar-refractivity contribution in [3.8, 4) is 0 Å². The SMILES string of the molecule is CCc1nc(NC)c(C)c(NC2CCCC2OC)n1. The van der Waals surface area contributed by atoms with Gasteiger partial charge in [-0.05, 0) is 26.2 Å². The van der Waals surface area contributed by atoms with E-state index in [4.69, 9.17) is 4.74 Å². The standard InChI is InChI=1S/C14H24N4O/c1-5-12-17-13(15-3)9(2)14(18-12)16-10-7-6-8-11(10)19-4/h10-11H,5-8H2,1-4H3,(H2,15,16,17,18). The Hall–Kier alpha value is -1.36. The molecular formula is C14H24N4O. The van der Waals surface area contributed by atoms with Crippen LogP contribution in [0.25, 0.3) is 0 Å². The van der Waals surface area contributed by atoms with Crippen LogP contribution >= 0.6 is 0 Å². The number of methoxy groups -OCH3 is 1. The molecule has 5 nitrogen and oxygen atoms in total. The summed E-state index contributed by atoms with van der Waals surface area (Å²) in [7, 11) is 3.68. The lowest BCUT2D eigenvalue weighted by atomic mass is 10.2. The highest BCUT2D eigenvalue weighted by molar-refractivity contribution is 5.57. The predicted molar refractivity (Wildman–Crippen MR) is 77.8 cm³/mol. The number of aromatic nitrogens is 2. The predicted octanol–water partition coefficient (Wildman–Crippen LogP) is 2.37. The van der Waals surface area contributed by atoms with Crippen molar-refractivity contribution in [3.63, 3.8) is 0 Å². The zero-order valence-electron chi connectivity index (χ0n) is 12.3. The van der Waals surface area contributed by atoms with Gasteiger partial charge >= 0.3 is 0 Å². The molecule has 1 heterocycles. The molecule has 2 unspecified atom stereocenters. The lowest BCUT2D eigenvalue weighted by Crippen LogP contribution is -2.30. The van der Waals surface area contributed by atoms with E-state index in [0.29, 0.717) is 6.04 Å². The van der Waals surface area contributed by atoms with Gasteiger partial charge in [0.25, 0.3) is 0 Å². The number of hydrogen-bond donors (Lipinski definition) is 2. The Labute approximate surface area is 115 Å². The Bertz CT molecular complexity index is 436. The number of nitrogens with zero attached hydrogens (tertiary/aromatic N) is 2. The molecule has 0 aromatic carbocycles. The van der Waals surface area contributed by atoms with Crippen LogP contribution in [0.5, 0.6) is 0 Å². The number of nitrogens with one attached hydrogen (secondary N) is 2. The van der Waals surface area contributed by atoms with Crippen LogP contribution < -0.4 is 10.6 Å². The van der Waals surface area contributed by atoms with Crippen LogP contribution in [0, 0.1) is 6.92 Å². The Balaban J connectivity index is 2.23. The van der Waals surface area contributed by atoms with E-state index in [1.54, 1.807) is 7.11 Å². The lowest BCUT2D eigenvalue weighted by molar-refractivity contribution is 0.101. The van der Waals surface area contributed by atoms with Gasteiger partial charge in [-0.25, -0.2) is 9.97 Å². The molecule has 0 spiro atoms. The Morgan fingerprint density at radius 1 is 1.26 bits per heavy atom. The van der Waals surface area contributed by atoms with Crippen molar-refractivity contribution in [2.24, 2.45) is 0 Å². The maximum Gasteiger partial charge on any atom is 0.135 e. The highest BCUT2D eigenvalue weighted by Gasteiger charge is 2.28. The molecule has 1 aliphatic rings. The second-order valence-electron chi connectivity index (χ2n) is 5.02. The number of ether oxygens (including phenoxy) is 1. The summed E-state index contributed by atoms with van der Waals surface area (Å²) in [6, 6.07) is 0.355. The van der Waals surface area contributed by atoms with Gasteiger partial charge in [0.2, 0.25) is 0 Å². The highest BCUT2D eigenvalue weighted by atomic mass is 16.5. The smallest absolute Gasteiger partial charge is 0.135 e. The van der Waals surface area contributed by atoms with Crippen LogP contribution in [-0.4, -0.2) is 36.3 Å². The van der Waals surface area contributed by atoms with E-state index >= 15 is 0 Å². The minimum absolute atomic E-state index is 0.289. The van der Waals surface area contributed by atoms with Crippen molar-refractivity contribution in [2.45, 2.75) is 51.7 Å². The average molecular weight is 264 g/mol. The lowest BCUT2D eigenvalue weighted by Gasteiger charge is -2.22. The summed E-state index contributed by atoms with van der Waals surface area (Å²) in [5, 5.41) is 6.68. The Morgan fingerprint density at radius 3 is 2.63 bits per heavy atom. The molecule has 1 fully saturated rings. The second kappa shape index (κ2) is 6.19. The zero-order chi connectivity index (χ0) is 13.8. The van der Waals surface area contributed by atoms with Gasteiger partial charge in [-0.3, -0.25) is 0 Å². The summed E-state index contributed by atoms with van der Waals surface area (Å²) in [4.78, 5) is 9.10. The maximum absolute atomic E-state index is 5.53. The largest absolute Gasteiger partial charge is 0.379 e. The van der Waals surface area contributed by atoms with Gasteiger partial charge in [0.1, 0.15) is 17.5 Å². The maximum atomic E-state index is 5.53. The summed E-state index contributed by atoms with van der Waals surface area (Å²) >= 11 is 0. The molecule has 0 saturated heterocycles. The monoisotopic (exact) mass is 264 g/mol. The Kier molecular flexibility index (Phi) is 4.58. The first kappa shape index (κ1) is 14.1. The summed E-state index contributed by atoms with van der Waals surface area (Å²) in [6.45, 7) is 4.12. The van der Waals surface area contributed by atoms with Crippen molar-refractivity contribution in [1.82, 2.24) is 9.97 Å². The van der Waals surface area contributed by atoms with Crippen LogP contribution in [0.3, 0.4) is 0 Å². The van der Waals surface area contributed by atoms with E-state index < -0.39 is 0 Å². The van der Waals surface area contributed by atoms with Crippen molar-refractivity contribution >= 4 is 11.6 Å². The third kappa shape index (κ3) is 2.97. The molecule has 0 aliphatic heterocycles. The van der Waals surface area contributed by atoms with E-state index in [1.165, 1.54) is 6.42 Å². The van der Waals surface area contributed by atoms with E-state index in [1.807, 2.05) is 14.0 Å². The van der Waals surface area contributed by atoms with Crippen LogP contribution in [0.1, 0.15) is 37.6 Å². The van der Waals surface area contributed by atoms with Crippen LogP contribution in [-0.2, 0) is 11.2 Å². The molecule has 2 rings (SSSR count).